The Morgan fingerprint density at radius 1 is 1.07 bits per heavy atom. The Kier molecular flexibility index (Phi) is 2.77. The smallest absolute Gasteiger partial charge is 0.0706 e. The SMILES string of the molecule is CC1=NN=C(c2ccc(Br)cc2)CC1. The molecule has 0 bridgehead atoms. The molecule has 0 aliphatic carbocycles. The fourth-order valence-electron chi connectivity index (χ4n) is 1.39. The summed E-state index contributed by atoms with van der Waals surface area (Å²) in [4.78, 5) is 0. The molecule has 0 saturated heterocycles. The van der Waals surface area contributed by atoms with Gasteiger partial charge in [-0.05, 0) is 37.5 Å². The molecular weight excluding hydrogens is 240 g/mol. The number of hydrogen-bond donors (Lipinski definition) is 0. The minimum Gasteiger partial charge on any atom is -0.160 e. The van der Waals surface area contributed by atoms with Crippen molar-refractivity contribution in [2.75, 3.05) is 0 Å². The van der Waals surface area contributed by atoms with Gasteiger partial charge in [0.05, 0.1) is 5.71 Å². The number of benzene rings is 1. The summed E-state index contributed by atoms with van der Waals surface area (Å²) < 4.78 is 1.09. The molecule has 0 fully saturated rings. The first-order chi connectivity index (χ1) is 6.75. The number of hydrogen-bond acceptors (Lipinski definition) is 2. The highest BCUT2D eigenvalue weighted by Crippen LogP contribution is 2.15. The van der Waals surface area contributed by atoms with E-state index < -0.39 is 0 Å². The second-order valence-corrected chi connectivity index (χ2v) is 4.30. The Balaban J connectivity index is 2.28. The normalized spacial score (nSPS) is 16.1. The van der Waals surface area contributed by atoms with Gasteiger partial charge in [-0.3, -0.25) is 0 Å². The molecule has 0 saturated carbocycles. The Labute approximate surface area is 91.9 Å². The third kappa shape index (κ3) is 2.10. The minimum atomic E-state index is 0.997. The van der Waals surface area contributed by atoms with Crippen LogP contribution in [0.4, 0.5) is 0 Å². The van der Waals surface area contributed by atoms with E-state index in [0.717, 1.165) is 28.7 Å². The Morgan fingerprint density at radius 2 is 1.79 bits per heavy atom. The highest BCUT2D eigenvalue weighted by molar-refractivity contribution is 9.10. The topological polar surface area (TPSA) is 24.7 Å². The van der Waals surface area contributed by atoms with E-state index >= 15 is 0 Å². The summed E-state index contributed by atoms with van der Waals surface area (Å²) in [6, 6.07) is 8.20. The largest absolute Gasteiger partial charge is 0.160 e. The Bertz CT molecular complexity index is 390. The maximum absolute atomic E-state index is 4.20. The standard InChI is InChI=1S/C11H11BrN2/c1-8-2-7-11(14-13-8)9-3-5-10(12)6-4-9/h3-6H,2,7H2,1H3. The average molecular weight is 251 g/mol. The van der Waals surface area contributed by atoms with E-state index in [4.69, 9.17) is 0 Å². The Hall–Kier alpha value is -0.960. The van der Waals surface area contributed by atoms with Crippen LogP contribution in [0.25, 0.3) is 0 Å². The second-order valence-electron chi connectivity index (χ2n) is 3.39. The summed E-state index contributed by atoms with van der Waals surface area (Å²) in [5.74, 6) is 0. The van der Waals surface area contributed by atoms with Crippen molar-refractivity contribution in [3.63, 3.8) is 0 Å². The van der Waals surface area contributed by atoms with Crippen LogP contribution in [0.15, 0.2) is 38.9 Å². The van der Waals surface area contributed by atoms with Gasteiger partial charge in [-0.2, -0.15) is 10.2 Å². The van der Waals surface area contributed by atoms with Gasteiger partial charge in [0.1, 0.15) is 0 Å². The molecule has 0 N–H and O–H groups in total. The molecule has 0 aromatic heterocycles. The summed E-state index contributed by atoms with van der Waals surface area (Å²) in [5, 5.41) is 8.30. The van der Waals surface area contributed by atoms with Crippen molar-refractivity contribution >= 4 is 27.4 Å². The number of rotatable bonds is 1. The lowest BCUT2D eigenvalue weighted by Gasteiger charge is -2.09. The van der Waals surface area contributed by atoms with E-state index in [0.29, 0.717) is 0 Å². The molecule has 1 heterocycles. The summed E-state index contributed by atoms with van der Waals surface area (Å²) >= 11 is 3.41. The van der Waals surface area contributed by atoms with Crippen molar-refractivity contribution in [3.05, 3.63) is 34.3 Å². The number of halogens is 1. The molecule has 0 spiro atoms. The maximum atomic E-state index is 4.20. The third-order valence-corrected chi connectivity index (χ3v) is 2.77. The third-order valence-electron chi connectivity index (χ3n) is 2.24. The molecular formula is C11H11BrN2. The van der Waals surface area contributed by atoms with Crippen molar-refractivity contribution in [2.24, 2.45) is 10.2 Å². The lowest BCUT2D eigenvalue weighted by Crippen LogP contribution is -2.08. The quantitative estimate of drug-likeness (QED) is 0.730. The monoisotopic (exact) mass is 250 g/mol. The second kappa shape index (κ2) is 4.05. The van der Waals surface area contributed by atoms with Gasteiger partial charge >= 0.3 is 0 Å². The van der Waals surface area contributed by atoms with Crippen LogP contribution < -0.4 is 0 Å². The lowest BCUT2D eigenvalue weighted by molar-refractivity contribution is 1.03. The first-order valence-corrected chi connectivity index (χ1v) is 5.41. The molecule has 1 aliphatic rings. The zero-order valence-electron chi connectivity index (χ0n) is 8.00. The van der Waals surface area contributed by atoms with Gasteiger partial charge in [0.15, 0.2) is 0 Å². The highest BCUT2D eigenvalue weighted by atomic mass is 79.9. The van der Waals surface area contributed by atoms with Crippen LogP contribution in [-0.4, -0.2) is 11.4 Å². The molecule has 1 aliphatic heterocycles. The van der Waals surface area contributed by atoms with Crippen LogP contribution in [0.3, 0.4) is 0 Å². The van der Waals surface area contributed by atoms with Gasteiger partial charge in [-0.1, -0.05) is 28.1 Å². The van der Waals surface area contributed by atoms with Crippen molar-refractivity contribution in [1.29, 1.82) is 0 Å². The predicted molar refractivity (Wildman–Crippen MR) is 63.0 cm³/mol. The molecule has 72 valence electrons. The first kappa shape index (κ1) is 9.59. The van der Waals surface area contributed by atoms with Crippen LogP contribution in [0.1, 0.15) is 25.3 Å². The van der Waals surface area contributed by atoms with E-state index in [2.05, 4.69) is 38.3 Å². The molecule has 1 aromatic rings. The van der Waals surface area contributed by atoms with Crippen LogP contribution in [0.2, 0.25) is 0 Å². The Morgan fingerprint density at radius 3 is 2.36 bits per heavy atom. The summed E-state index contributed by atoms with van der Waals surface area (Å²) in [5.41, 5.74) is 3.37. The maximum Gasteiger partial charge on any atom is 0.0706 e. The average Bonchev–Trinajstić information content (AvgIpc) is 2.21. The van der Waals surface area contributed by atoms with E-state index in [9.17, 15) is 0 Å². The fraction of sp³-hybridized carbons (Fsp3) is 0.273. The first-order valence-electron chi connectivity index (χ1n) is 4.61. The zero-order valence-corrected chi connectivity index (χ0v) is 9.58. The van der Waals surface area contributed by atoms with E-state index in [1.807, 2.05) is 19.1 Å². The van der Waals surface area contributed by atoms with Crippen LogP contribution in [0.5, 0.6) is 0 Å². The van der Waals surface area contributed by atoms with Crippen molar-refractivity contribution in [3.8, 4) is 0 Å². The molecule has 1 aromatic carbocycles. The summed E-state index contributed by atoms with van der Waals surface area (Å²) in [6.45, 7) is 2.02. The van der Waals surface area contributed by atoms with E-state index in [1.165, 1.54) is 5.56 Å². The molecule has 0 radical (unpaired) electrons. The van der Waals surface area contributed by atoms with Crippen LogP contribution in [-0.2, 0) is 0 Å². The van der Waals surface area contributed by atoms with Crippen LogP contribution in [0, 0.1) is 0 Å². The van der Waals surface area contributed by atoms with Gasteiger partial charge in [0.25, 0.3) is 0 Å². The number of nitrogens with zero attached hydrogens (tertiary/aromatic N) is 2. The van der Waals surface area contributed by atoms with Crippen LogP contribution >= 0.6 is 15.9 Å². The van der Waals surface area contributed by atoms with Gasteiger partial charge < -0.3 is 0 Å². The molecule has 0 amide bonds. The summed E-state index contributed by atoms with van der Waals surface area (Å²) in [7, 11) is 0. The zero-order chi connectivity index (χ0) is 9.97. The lowest BCUT2D eigenvalue weighted by atomic mass is 10.0. The fourth-order valence-corrected chi connectivity index (χ4v) is 1.65. The summed E-state index contributed by atoms with van der Waals surface area (Å²) in [6.07, 6.45) is 2.02. The van der Waals surface area contributed by atoms with Gasteiger partial charge in [0, 0.05) is 10.2 Å². The molecule has 2 rings (SSSR count). The molecule has 14 heavy (non-hydrogen) atoms. The molecule has 3 heteroatoms. The molecule has 2 nitrogen and oxygen atoms in total. The molecule has 0 unspecified atom stereocenters. The predicted octanol–water partition coefficient (Wildman–Crippen LogP) is 3.41. The van der Waals surface area contributed by atoms with Crippen molar-refractivity contribution < 1.29 is 0 Å². The molecule has 0 atom stereocenters. The van der Waals surface area contributed by atoms with Gasteiger partial charge in [0.2, 0.25) is 0 Å². The van der Waals surface area contributed by atoms with Crippen molar-refractivity contribution in [2.45, 2.75) is 19.8 Å². The van der Waals surface area contributed by atoms with Crippen molar-refractivity contribution in [1.82, 2.24) is 0 Å². The minimum absolute atomic E-state index is 0.997. The van der Waals surface area contributed by atoms with Gasteiger partial charge in [-0.25, -0.2) is 0 Å². The van der Waals surface area contributed by atoms with Gasteiger partial charge in [-0.15, -0.1) is 0 Å². The highest BCUT2D eigenvalue weighted by Gasteiger charge is 2.08. The van der Waals surface area contributed by atoms with E-state index in [-0.39, 0.29) is 0 Å². The van der Waals surface area contributed by atoms with E-state index in [1.54, 1.807) is 0 Å².